The van der Waals surface area contributed by atoms with Crippen molar-refractivity contribution in [3.63, 3.8) is 0 Å². The highest BCUT2D eigenvalue weighted by Crippen LogP contribution is 2.30. The second-order valence-electron chi connectivity index (χ2n) is 6.31. The summed E-state index contributed by atoms with van der Waals surface area (Å²) in [7, 11) is -8.60. The van der Waals surface area contributed by atoms with Crippen molar-refractivity contribution >= 4 is 25.8 Å². The first-order valence-electron chi connectivity index (χ1n) is 8.49. The average molecular weight is 447 g/mol. The van der Waals surface area contributed by atoms with Crippen molar-refractivity contribution in [1.29, 1.82) is 0 Å². The van der Waals surface area contributed by atoms with Gasteiger partial charge in [-0.2, -0.15) is 0 Å². The normalized spacial score (nSPS) is 11.8. The van der Waals surface area contributed by atoms with Crippen LogP contribution in [0.5, 0.6) is 17.2 Å². The Morgan fingerprint density at radius 1 is 0.833 bits per heavy atom. The minimum Gasteiger partial charge on any atom is -0.507 e. The van der Waals surface area contributed by atoms with Gasteiger partial charge < -0.3 is 9.84 Å². The van der Waals surface area contributed by atoms with Gasteiger partial charge in [-0.05, 0) is 36.4 Å². The molecule has 156 valence electrons. The Bertz CT molecular complexity index is 1280. The monoisotopic (exact) mass is 447 g/mol. The van der Waals surface area contributed by atoms with Crippen molar-refractivity contribution in [2.75, 3.05) is 6.26 Å². The fourth-order valence-corrected chi connectivity index (χ4v) is 5.15. The minimum atomic E-state index is -4.52. The van der Waals surface area contributed by atoms with Gasteiger partial charge in [0.15, 0.2) is 5.78 Å². The van der Waals surface area contributed by atoms with Crippen LogP contribution in [0.15, 0.2) is 77.7 Å². The van der Waals surface area contributed by atoms with Gasteiger partial charge in [-0.1, -0.05) is 30.3 Å². The SMILES string of the molecule is CS(=O)(=O)NS(=O)(=O)c1cc(Oc2ccc(C(=O)c3ccccc3)cc2)ccc1O. The number of nitrogens with one attached hydrogen (secondary N) is 1. The molecule has 0 spiro atoms. The van der Waals surface area contributed by atoms with E-state index in [4.69, 9.17) is 4.74 Å². The topological polar surface area (TPSA) is 127 Å². The molecule has 3 aromatic carbocycles. The zero-order valence-corrected chi connectivity index (χ0v) is 17.3. The van der Waals surface area contributed by atoms with E-state index in [2.05, 4.69) is 0 Å². The molecule has 0 aliphatic heterocycles. The standard InChI is InChI=1S/C20H17NO7S2/c1-29(24,25)21-30(26,27)19-13-17(11-12-18(19)22)28-16-9-7-15(8-10-16)20(23)14-5-3-2-4-6-14/h2-13,21-22H,1H3. The zero-order chi connectivity index (χ0) is 21.9. The van der Waals surface area contributed by atoms with Crippen LogP contribution in [0.4, 0.5) is 0 Å². The summed E-state index contributed by atoms with van der Waals surface area (Å²) in [4.78, 5) is 11.8. The fourth-order valence-electron chi connectivity index (χ4n) is 2.58. The van der Waals surface area contributed by atoms with E-state index in [1.165, 1.54) is 22.3 Å². The smallest absolute Gasteiger partial charge is 0.257 e. The van der Waals surface area contributed by atoms with E-state index in [0.717, 1.165) is 12.1 Å². The fraction of sp³-hybridized carbons (Fsp3) is 0.0500. The summed E-state index contributed by atoms with van der Waals surface area (Å²) < 4.78 is 53.9. The number of sulfonamides is 2. The van der Waals surface area contributed by atoms with Gasteiger partial charge in [-0.15, -0.1) is 4.13 Å². The molecule has 3 rings (SSSR count). The van der Waals surface area contributed by atoms with Crippen molar-refractivity contribution in [1.82, 2.24) is 4.13 Å². The molecular formula is C20H17NO7S2. The lowest BCUT2D eigenvalue weighted by atomic mass is 10.0. The van der Waals surface area contributed by atoms with Crippen molar-refractivity contribution in [2.24, 2.45) is 0 Å². The second kappa shape index (κ2) is 8.27. The predicted octanol–water partition coefficient (Wildman–Crippen LogP) is 2.65. The van der Waals surface area contributed by atoms with Crippen LogP contribution in [0.2, 0.25) is 0 Å². The highest BCUT2D eigenvalue weighted by Gasteiger charge is 2.23. The highest BCUT2D eigenvalue weighted by molar-refractivity contribution is 8.04. The number of carbonyl (C=O) groups excluding carboxylic acids is 1. The predicted molar refractivity (Wildman–Crippen MR) is 110 cm³/mol. The number of hydrogen-bond acceptors (Lipinski definition) is 7. The number of phenolic OH excluding ortho intramolecular Hbond substituents is 1. The molecular weight excluding hydrogens is 430 g/mol. The van der Waals surface area contributed by atoms with E-state index < -0.39 is 30.7 Å². The molecule has 0 aliphatic carbocycles. The van der Waals surface area contributed by atoms with Crippen molar-refractivity contribution in [3.05, 3.63) is 83.9 Å². The molecule has 0 aliphatic rings. The number of ether oxygens (including phenoxy) is 1. The number of rotatable bonds is 7. The van der Waals surface area contributed by atoms with E-state index in [1.807, 2.05) is 6.07 Å². The third-order valence-electron chi connectivity index (χ3n) is 3.87. The highest BCUT2D eigenvalue weighted by atomic mass is 32.3. The molecule has 2 N–H and O–H groups in total. The molecule has 10 heteroatoms. The minimum absolute atomic E-state index is 0.0452. The maximum Gasteiger partial charge on any atom is 0.257 e. The molecule has 30 heavy (non-hydrogen) atoms. The second-order valence-corrected chi connectivity index (χ2v) is 9.97. The first-order valence-corrected chi connectivity index (χ1v) is 11.9. The third-order valence-corrected chi connectivity index (χ3v) is 6.86. The van der Waals surface area contributed by atoms with Crippen LogP contribution in [-0.4, -0.2) is 34.0 Å². The summed E-state index contributed by atoms with van der Waals surface area (Å²) in [6, 6.07) is 18.3. The van der Waals surface area contributed by atoms with E-state index in [9.17, 15) is 26.7 Å². The lowest BCUT2D eigenvalue weighted by molar-refractivity contribution is 0.103. The van der Waals surface area contributed by atoms with Crippen LogP contribution in [0.1, 0.15) is 15.9 Å². The number of hydrogen-bond donors (Lipinski definition) is 2. The zero-order valence-electron chi connectivity index (χ0n) is 15.6. The number of phenols is 1. The lowest BCUT2D eigenvalue weighted by Gasteiger charge is -2.11. The van der Waals surface area contributed by atoms with Crippen molar-refractivity contribution < 1.29 is 31.5 Å². The molecule has 0 saturated heterocycles. The maximum absolute atomic E-state index is 12.4. The van der Waals surface area contributed by atoms with Gasteiger partial charge in [0.25, 0.3) is 10.0 Å². The molecule has 0 unspecified atom stereocenters. The van der Waals surface area contributed by atoms with Gasteiger partial charge in [0.05, 0.1) is 6.26 Å². The first kappa shape index (κ1) is 21.5. The van der Waals surface area contributed by atoms with Crippen LogP contribution in [0.25, 0.3) is 0 Å². The molecule has 8 nitrogen and oxygen atoms in total. The molecule has 0 radical (unpaired) electrons. The average Bonchev–Trinajstić information content (AvgIpc) is 2.68. The Labute approximate surface area is 173 Å². The molecule has 0 fully saturated rings. The molecule has 0 amide bonds. The number of aromatic hydroxyl groups is 1. The van der Waals surface area contributed by atoms with Gasteiger partial charge in [0.2, 0.25) is 10.0 Å². The third kappa shape index (κ3) is 5.23. The summed E-state index contributed by atoms with van der Waals surface area (Å²) in [5.74, 6) is -0.442. The molecule has 0 bridgehead atoms. The van der Waals surface area contributed by atoms with Gasteiger partial charge in [-0.3, -0.25) is 4.79 Å². The summed E-state index contributed by atoms with van der Waals surface area (Å²) >= 11 is 0. The maximum atomic E-state index is 12.4. The van der Waals surface area contributed by atoms with Gasteiger partial charge in [0.1, 0.15) is 22.1 Å². The Morgan fingerprint density at radius 2 is 1.40 bits per heavy atom. The number of ketones is 1. The lowest BCUT2D eigenvalue weighted by Crippen LogP contribution is -2.29. The Kier molecular flexibility index (Phi) is 5.92. The van der Waals surface area contributed by atoms with Crippen LogP contribution >= 0.6 is 0 Å². The molecule has 3 aromatic rings. The Hall–Kier alpha value is -3.21. The summed E-state index contributed by atoms with van der Waals surface area (Å²) in [5, 5.41) is 9.83. The van der Waals surface area contributed by atoms with E-state index in [-0.39, 0.29) is 11.5 Å². The van der Waals surface area contributed by atoms with E-state index >= 15 is 0 Å². The Balaban J connectivity index is 1.83. The Morgan fingerprint density at radius 3 is 2.00 bits per heavy atom. The molecule has 0 heterocycles. The van der Waals surface area contributed by atoms with Crippen LogP contribution in [-0.2, 0) is 20.0 Å². The molecule has 0 aromatic heterocycles. The van der Waals surface area contributed by atoms with Gasteiger partial charge >= 0.3 is 0 Å². The first-order chi connectivity index (χ1) is 14.0. The summed E-state index contributed by atoms with van der Waals surface area (Å²) in [6.07, 6.45) is 0.681. The van der Waals surface area contributed by atoms with Gasteiger partial charge in [0, 0.05) is 17.2 Å². The number of carbonyl (C=O) groups is 1. The summed E-state index contributed by atoms with van der Waals surface area (Å²) in [5.41, 5.74) is 0.984. The quantitative estimate of drug-likeness (QED) is 0.533. The summed E-state index contributed by atoms with van der Waals surface area (Å²) in [6.45, 7) is 0. The molecule has 0 saturated carbocycles. The largest absolute Gasteiger partial charge is 0.507 e. The van der Waals surface area contributed by atoms with Crippen molar-refractivity contribution in [3.8, 4) is 17.2 Å². The van der Waals surface area contributed by atoms with Crippen molar-refractivity contribution in [2.45, 2.75) is 4.90 Å². The van der Waals surface area contributed by atoms with E-state index in [1.54, 1.807) is 36.4 Å². The number of benzene rings is 3. The van der Waals surface area contributed by atoms with Crippen LogP contribution < -0.4 is 8.86 Å². The van der Waals surface area contributed by atoms with Gasteiger partial charge in [-0.25, -0.2) is 16.8 Å². The van der Waals surface area contributed by atoms with Crippen LogP contribution in [0.3, 0.4) is 0 Å². The molecule has 0 atom stereocenters. The van der Waals surface area contributed by atoms with E-state index in [0.29, 0.717) is 23.1 Å². The van der Waals surface area contributed by atoms with Crippen LogP contribution in [0, 0.1) is 0 Å².